The van der Waals surface area contributed by atoms with E-state index in [0.717, 1.165) is 38.6 Å². The van der Waals surface area contributed by atoms with Crippen LogP contribution in [0.2, 0.25) is 0 Å². The molecule has 7 rings (SSSR count). The van der Waals surface area contributed by atoms with E-state index < -0.39 is 6.03 Å². The minimum absolute atomic E-state index is 0.0986. The molecular weight excluding hydrogens is 364 g/mol. The normalized spacial score (nSPS) is 38.7. The van der Waals surface area contributed by atoms with Gasteiger partial charge in [0.2, 0.25) is 0 Å². The number of nitrogens with two attached hydrogens (primary N) is 1. The molecule has 154 valence electrons. The van der Waals surface area contributed by atoms with Crippen LogP contribution in [-0.4, -0.2) is 52.6 Å². The van der Waals surface area contributed by atoms with Gasteiger partial charge in [-0.1, -0.05) is 24.3 Å². The average molecular weight is 395 g/mol. The van der Waals surface area contributed by atoms with Gasteiger partial charge in [-0.3, -0.25) is 0 Å². The van der Waals surface area contributed by atoms with Crippen molar-refractivity contribution in [3.05, 3.63) is 35.4 Å². The van der Waals surface area contributed by atoms with E-state index in [1.165, 1.54) is 24.0 Å². The number of nitrogens with one attached hydrogen (secondary N) is 1. The number of rotatable bonds is 2. The summed E-state index contributed by atoms with van der Waals surface area (Å²) in [4.78, 5) is 29.4. The first-order valence-corrected chi connectivity index (χ1v) is 11.1. The lowest BCUT2D eigenvalue weighted by Gasteiger charge is -2.61. The molecule has 29 heavy (non-hydrogen) atoms. The Morgan fingerprint density at radius 3 is 2.31 bits per heavy atom. The lowest BCUT2D eigenvalue weighted by atomic mass is 9.50. The van der Waals surface area contributed by atoms with Gasteiger partial charge in [0.05, 0.1) is 5.54 Å². The molecule has 2 unspecified atom stereocenters. The predicted octanol–water partition coefficient (Wildman–Crippen LogP) is 2.51. The molecule has 4 saturated carbocycles. The Bertz CT molecular complexity index is 858. The number of likely N-dealkylation sites (N-methyl/N-ethyl adjacent to an activating group) is 1. The Morgan fingerprint density at radius 1 is 1.10 bits per heavy atom. The number of carbonyl (C=O) groups is 2. The molecule has 4 amide bonds. The van der Waals surface area contributed by atoms with Crippen LogP contribution in [0.4, 0.5) is 9.59 Å². The summed E-state index contributed by atoms with van der Waals surface area (Å²) in [5.41, 5.74) is 8.07. The van der Waals surface area contributed by atoms with Gasteiger partial charge < -0.3 is 20.9 Å². The second-order valence-corrected chi connectivity index (χ2v) is 10.5. The first-order chi connectivity index (χ1) is 13.9. The van der Waals surface area contributed by atoms with Crippen LogP contribution < -0.4 is 11.1 Å². The summed E-state index contributed by atoms with van der Waals surface area (Å²) in [5.74, 6) is 1.62. The predicted molar refractivity (Wildman–Crippen MR) is 109 cm³/mol. The standard InChI is InChI=1S/C23H30N4O2/c1-26-21(29)27(13-23(26)11-15-4-2-3-5-16(15)12-23)19-17-6-14-7-18(19)10-22(8-14,9-17)25-20(24)28/h2-5,14,17-19H,6-13H2,1H3,(H3,24,25,28). The van der Waals surface area contributed by atoms with E-state index in [-0.39, 0.29) is 17.1 Å². The number of carbonyl (C=O) groups excluding carboxylic acids is 2. The van der Waals surface area contributed by atoms with E-state index >= 15 is 0 Å². The van der Waals surface area contributed by atoms with Gasteiger partial charge >= 0.3 is 12.1 Å². The Morgan fingerprint density at radius 2 is 1.72 bits per heavy atom. The molecule has 2 atom stereocenters. The molecule has 1 aromatic carbocycles. The third-order valence-electron chi connectivity index (χ3n) is 8.84. The maximum atomic E-state index is 13.5. The molecule has 1 saturated heterocycles. The number of primary amides is 1. The molecule has 1 spiro atoms. The smallest absolute Gasteiger partial charge is 0.320 e. The zero-order chi connectivity index (χ0) is 20.0. The second-order valence-electron chi connectivity index (χ2n) is 10.5. The summed E-state index contributed by atoms with van der Waals surface area (Å²) in [6.45, 7) is 0.829. The molecule has 6 heteroatoms. The van der Waals surface area contributed by atoms with Crippen LogP contribution in [0.15, 0.2) is 24.3 Å². The zero-order valence-corrected chi connectivity index (χ0v) is 17.1. The molecule has 0 aromatic heterocycles. The number of urea groups is 2. The highest BCUT2D eigenvalue weighted by Gasteiger charge is 2.61. The first-order valence-electron chi connectivity index (χ1n) is 11.1. The van der Waals surface area contributed by atoms with Crippen molar-refractivity contribution in [2.45, 2.75) is 62.1 Å². The minimum atomic E-state index is -0.400. The van der Waals surface area contributed by atoms with Gasteiger partial charge in [-0.15, -0.1) is 0 Å². The van der Waals surface area contributed by atoms with Crippen LogP contribution in [0, 0.1) is 17.8 Å². The average Bonchev–Trinajstić information content (AvgIpc) is 3.13. The van der Waals surface area contributed by atoms with Crippen LogP contribution in [0.1, 0.15) is 43.2 Å². The SMILES string of the molecule is CN1C(=O)N(C2C3CC4CC2CC(NC(N)=O)(C4)C3)CC12Cc1ccccc1C2. The maximum absolute atomic E-state index is 13.5. The quantitative estimate of drug-likeness (QED) is 0.808. The van der Waals surface area contributed by atoms with Crippen molar-refractivity contribution >= 4 is 12.1 Å². The van der Waals surface area contributed by atoms with Gasteiger partial charge in [-0.25, -0.2) is 9.59 Å². The lowest BCUT2D eigenvalue weighted by Crippen LogP contribution is -2.67. The summed E-state index contributed by atoms with van der Waals surface area (Å²) < 4.78 is 0. The van der Waals surface area contributed by atoms with Crippen molar-refractivity contribution in [2.75, 3.05) is 13.6 Å². The molecule has 1 heterocycles. The van der Waals surface area contributed by atoms with Crippen LogP contribution in [0.25, 0.3) is 0 Å². The fourth-order valence-corrected chi connectivity index (χ4v) is 8.06. The topological polar surface area (TPSA) is 78.7 Å². The molecule has 3 N–H and O–H groups in total. The number of amides is 4. The fourth-order valence-electron chi connectivity index (χ4n) is 8.06. The van der Waals surface area contributed by atoms with E-state index in [2.05, 4.69) is 34.5 Å². The molecule has 6 aliphatic rings. The van der Waals surface area contributed by atoms with Crippen molar-refractivity contribution in [1.29, 1.82) is 0 Å². The summed E-state index contributed by atoms with van der Waals surface area (Å²) >= 11 is 0. The van der Waals surface area contributed by atoms with E-state index in [0.29, 0.717) is 23.8 Å². The van der Waals surface area contributed by atoms with E-state index in [1.807, 2.05) is 11.9 Å². The minimum Gasteiger partial charge on any atom is -0.352 e. The van der Waals surface area contributed by atoms with E-state index in [1.54, 1.807) is 0 Å². The highest BCUT2D eigenvalue weighted by Crippen LogP contribution is 2.58. The van der Waals surface area contributed by atoms with Crippen LogP contribution in [0.3, 0.4) is 0 Å². The molecule has 1 aromatic rings. The van der Waals surface area contributed by atoms with Crippen molar-refractivity contribution < 1.29 is 9.59 Å². The molecule has 1 aliphatic heterocycles. The maximum Gasteiger partial charge on any atom is 0.320 e. The fraction of sp³-hybridized carbons (Fsp3) is 0.652. The largest absolute Gasteiger partial charge is 0.352 e. The highest BCUT2D eigenvalue weighted by molar-refractivity contribution is 5.79. The van der Waals surface area contributed by atoms with Gasteiger partial charge in [0, 0.05) is 25.2 Å². The molecule has 6 nitrogen and oxygen atoms in total. The summed E-state index contributed by atoms with van der Waals surface area (Å²) in [6, 6.07) is 8.76. The summed E-state index contributed by atoms with van der Waals surface area (Å²) in [7, 11) is 2.00. The van der Waals surface area contributed by atoms with Crippen LogP contribution in [0.5, 0.6) is 0 Å². The molecule has 0 radical (unpaired) electrons. The van der Waals surface area contributed by atoms with Crippen LogP contribution >= 0.6 is 0 Å². The lowest BCUT2D eigenvalue weighted by molar-refractivity contribution is -0.0696. The van der Waals surface area contributed by atoms with Gasteiger partial charge in [0.25, 0.3) is 0 Å². The Labute approximate surface area is 171 Å². The Kier molecular flexibility index (Phi) is 3.44. The second kappa shape index (κ2) is 5.67. The van der Waals surface area contributed by atoms with Gasteiger partial charge in [0.15, 0.2) is 0 Å². The monoisotopic (exact) mass is 394 g/mol. The number of fused-ring (bicyclic) bond motifs is 1. The van der Waals surface area contributed by atoms with Gasteiger partial charge in [0.1, 0.15) is 0 Å². The number of nitrogens with zero attached hydrogens (tertiary/aromatic N) is 2. The Balaban J connectivity index is 1.28. The van der Waals surface area contributed by atoms with Crippen molar-refractivity contribution in [1.82, 2.24) is 15.1 Å². The third-order valence-corrected chi connectivity index (χ3v) is 8.84. The van der Waals surface area contributed by atoms with Crippen molar-refractivity contribution in [2.24, 2.45) is 23.5 Å². The molecular formula is C23H30N4O2. The van der Waals surface area contributed by atoms with E-state index in [4.69, 9.17) is 5.73 Å². The van der Waals surface area contributed by atoms with Crippen molar-refractivity contribution in [3.8, 4) is 0 Å². The first kappa shape index (κ1) is 17.6. The molecule has 5 aliphatic carbocycles. The van der Waals surface area contributed by atoms with E-state index in [9.17, 15) is 9.59 Å². The van der Waals surface area contributed by atoms with Gasteiger partial charge in [-0.2, -0.15) is 0 Å². The third kappa shape index (κ3) is 2.41. The Hall–Kier alpha value is -2.24. The number of hydrogen-bond donors (Lipinski definition) is 2. The summed E-state index contributed by atoms with van der Waals surface area (Å²) in [5, 5.41) is 3.10. The van der Waals surface area contributed by atoms with Crippen molar-refractivity contribution in [3.63, 3.8) is 0 Å². The molecule has 5 fully saturated rings. The van der Waals surface area contributed by atoms with Crippen LogP contribution in [-0.2, 0) is 12.8 Å². The highest BCUT2D eigenvalue weighted by atomic mass is 16.2. The van der Waals surface area contributed by atoms with Gasteiger partial charge in [-0.05, 0) is 73.8 Å². The molecule has 4 bridgehead atoms. The zero-order valence-electron chi connectivity index (χ0n) is 17.1. The summed E-state index contributed by atoms with van der Waals surface area (Å²) in [6.07, 6.45) is 7.28. The number of hydrogen-bond acceptors (Lipinski definition) is 2. The number of benzene rings is 1.